The molecule has 1 aliphatic heterocycles. The summed E-state index contributed by atoms with van der Waals surface area (Å²) < 4.78 is 1.79. The number of hydrogen-bond acceptors (Lipinski definition) is 4. The molecule has 1 amide bonds. The predicted molar refractivity (Wildman–Crippen MR) is 96.8 cm³/mol. The molecule has 0 bridgehead atoms. The molecule has 3 aromatic rings. The summed E-state index contributed by atoms with van der Waals surface area (Å²) >= 11 is 0. The van der Waals surface area contributed by atoms with Crippen LogP contribution in [0.2, 0.25) is 0 Å². The standard InChI is InChI=1S/C19H22N6O/c1-12-20-17(22-21-12)14-10-25(11-19(14)8-5-9-19)18(26)16-13-6-3-4-7-15(13)24(2)23-16/h3-4,6-7,14H,5,8-11H2,1-2H3,(H,20,21,22). The second-order valence-electron chi connectivity index (χ2n) is 7.72. The summed E-state index contributed by atoms with van der Waals surface area (Å²) in [7, 11) is 1.88. The molecule has 5 rings (SSSR count). The number of H-pyrrole nitrogens is 1. The Kier molecular flexibility index (Phi) is 3.23. The third-order valence-corrected chi connectivity index (χ3v) is 6.17. The Balaban J connectivity index is 1.49. The Bertz CT molecular complexity index is 999. The zero-order valence-electron chi connectivity index (χ0n) is 15.1. The second kappa shape index (κ2) is 5.40. The van der Waals surface area contributed by atoms with E-state index < -0.39 is 0 Å². The summed E-state index contributed by atoms with van der Waals surface area (Å²) in [5, 5.41) is 12.8. The van der Waals surface area contributed by atoms with Gasteiger partial charge in [0, 0.05) is 31.4 Å². The highest BCUT2D eigenvalue weighted by molar-refractivity contribution is 6.05. The van der Waals surface area contributed by atoms with Crippen molar-refractivity contribution in [1.82, 2.24) is 29.9 Å². The van der Waals surface area contributed by atoms with Gasteiger partial charge in [0.1, 0.15) is 5.82 Å². The fourth-order valence-corrected chi connectivity index (χ4v) is 4.65. The number of benzene rings is 1. The number of carbonyl (C=O) groups excluding carboxylic acids is 1. The van der Waals surface area contributed by atoms with Crippen LogP contribution in [0.5, 0.6) is 0 Å². The zero-order valence-corrected chi connectivity index (χ0v) is 15.1. The van der Waals surface area contributed by atoms with Crippen molar-refractivity contribution >= 4 is 16.8 Å². The number of hydrogen-bond donors (Lipinski definition) is 1. The molecule has 1 unspecified atom stereocenters. The van der Waals surface area contributed by atoms with Crippen molar-refractivity contribution in [3.63, 3.8) is 0 Å². The SMILES string of the molecule is Cc1nc(C2CN(C(=O)c3nn(C)c4ccccc34)CC23CCC3)n[nH]1. The molecule has 1 aromatic carbocycles. The number of amides is 1. The first kappa shape index (κ1) is 15.5. The fourth-order valence-electron chi connectivity index (χ4n) is 4.65. The summed E-state index contributed by atoms with van der Waals surface area (Å²) in [6, 6.07) is 7.90. The fraction of sp³-hybridized carbons (Fsp3) is 0.474. The van der Waals surface area contributed by atoms with E-state index in [9.17, 15) is 4.79 Å². The smallest absolute Gasteiger partial charge is 0.275 e. The van der Waals surface area contributed by atoms with E-state index in [0.717, 1.165) is 41.9 Å². The number of nitrogens with zero attached hydrogens (tertiary/aromatic N) is 5. The topological polar surface area (TPSA) is 79.7 Å². The first-order valence-corrected chi connectivity index (χ1v) is 9.17. The maximum atomic E-state index is 13.3. The van der Waals surface area contributed by atoms with Gasteiger partial charge < -0.3 is 4.90 Å². The molecule has 1 saturated heterocycles. The molecule has 1 saturated carbocycles. The van der Waals surface area contributed by atoms with Crippen molar-refractivity contribution in [3.05, 3.63) is 41.6 Å². The lowest BCUT2D eigenvalue weighted by Crippen LogP contribution is -2.38. The van der Waals surface area contributed by atoms with Crippen LogP contribution in [0.1, 0.15) is 47.3 Å². The van der Waals surface area contributed by atoms with Crippen molar-refractivity contribution in [1.29, 1.82) is 0 Å². The van der Waals surface area contributed by atoms with Crippen LogP contribution in [0.25, 0.3) is 10.9 Å². The van der Waals surface area contributed by atoms with Crippen molar-refractivity contribution in [2.75, 3.05) is 13.1 Å². The molecule has 7 nitrogen and oxygen atoms in total. The van der Waals surface area contributed by atoms with Gasteiger partial charge in [-0.05, 0) is 31.2 Å². The van der Waals surface area contributed by atoms with Crippen molar-refractivity contribution in [2.45, 2.75) is 32.1 Å². The lowest BCUT2D eigenvalue weighted by Gasteiger charge is -2.41. The summed E-state index contributed by atoms with van der Waals surface area (Å²) in [5.41, 5.74) is 1.66. The van der Waals surface area contributed by atoms with Gasteiger partial charge in [-0.1, -0.05) is 24.6 Å². The number of aryl methyl sites for hydroxylation is 2. The van der Waals surface area contributed by atoms with E-state index in [1.165, 1.54) is 6.42 Å². The van der Waals surface area contributed by atoms with Crippen LogP contribution in [0.15, 0.2) is 24.3 Å². The van der Waals surface area contributed by atoms with Crippen LogP contribution >= 0.6 is 0 Å². The highest BCUT2D eigenvalue weighted by atomic mass is 16.2. The van der Waals surface area contributed by atoms with Gasteiger partial charge >= 0.3 is 0 Å². The normalized spacial score (nSPS) is 21.5. The number of fused-ring (bicyclic) bond motifs is 1. The number of likely N-dealkylation sites (tertiary alicyclic amines) is 1. The van der Waals surface area contributed by atoms with Crippen LogP contribution in [0.4, 0.5) is 0 Å². The molecule has 1 spiro atoms. The van der Waals surface area contributed by atoms with Crippen LogP contribution in [0.3, 0.4) is 0 Å². The third kappa shape index (κ3) is 2.12. The number of para-hydroxylation sites is 1. The minimum atomic E-state index is 0.0165. The van der Waals surface area contributed by atoms with Gasteiger partial charge in [-0.3, -0.25) is 14.6 Å². The number of carbonyl (C=O) groups is 1. The van der Waals surface area contributed by atoms with E-state index in [1.54, 1.807) is 4.68 Å². The summed E-state index contributed by atoms with van der Waals surface area (Å²) in [6.07, 6.45) is 3.49. The van der Waals surface area contributed by atoms with Gasteiger partial charge in [0.15, 0.2) is 11.5 Å². The van der Waals surface area contributed by atoms with Crippen molar-refractivity contribution in [2.24, 2.45) is 12.5 Å². The van der Waals surface area contributed by atoms with Crippen LogP contribution in [-0.2, 0) is 7.05 Å². The summed E-state index contributed by atoms with van der Waals surface area (Å²) in [5.74, 6) is 1.90. The molecule has 1 N–H and O–H groups in total. The van der Waals surface area contributed by atoms with E-state index in [1.807, 2.05) is 43.1 Å². The van der Waals surface area contributed by atoms with E-state index in [-0.39, 0.29) is 17.2 Å². The lowest BCUT2D eigenvalue weighted by atomic mass is 9.62. The molecule has 0 radical (unpaired) electrons. The van der Waals surface area contributed by atoms with Gasteiger partial charge in [0.05, 0.1) is 5.52 Å². The molecule has 1 atom stereocenters. The van der Waals surface area contributed by atoms with Gasteiger partial charge in [-0.25, -0.2) is 4.98 Å². The zero-order chi connectivity index (χ0) is 17.9. The lowest BCUT2D eigenvalue weighted by molar-refractivity contribution is 0.0719. The quantitative estimate of drug-likeness (QED) is 0.770. The molecule has 2 aliphatic rings. The Labute approximate surface area is 151 Å². The Morgan fingerprint density at radius 1 is 1.31 bits per heavy atom. The highest BCUT2D eigenvalue weighted by Gasteiger charge is 2.53. The van der Waals surface area contributed by atoms with Gasteiger partial charge in [-0.15, -0.1) is 0 Å². The second-order valence-corrected chi connectivity index (χ2v) is 7.72. The van der Waals surface area contributed by atoms with E-state index in [2.05, 4.69) is 20.3 Å². The van der Waals surface area contributed by atoms with Gasteiger partial charge in [0.25, 0.3) is 5.91 Å². The van der Waals surface area contributed by atoms with Gasteiger partial charge in [-0.2, -0.15) is 10.2 Å². The average molecular weight is 350 g/mol. The van der Waals surface area contributed by atoms with E-state index >= 15 is 0 Å². The molecule has 26 heavy (non-hydrogen) atoms. The van der Waals surface area contributed by atoms with E-state index in [0.29, 0.717) is 12.2 Å². The first-order valence-electron chi connectivity index (χ1n) is 9.17. The molecular formula is C19H22N6O. The average Bonchev–Trinajstić information content (AvgIpc) is 3.29. The first-order chi connectivity index (χ1) is 12.6. The number of nitrogens with one attached hydrogen (secondary N) is 1. The third-order valence-electron chi connectivity index (χ3n) is 6.17. The number of rotatable bonds is 2. The summed E-state index contributed by atoms with van der Waals surface area (Å²) in [4.78, 5) is 19.8. The largest absolute Gasteiger partial charge is 0.336 e. The van der Waals surface area contributed by atoms with Crippen LogP contribution in [0, 0.1) is 12.3 Å². The van der Waals surface area contributed by atoms with Crippen molar-refractivity contribution in [3.8, 4) is 0 Å². The Hall–Kier alpha value is -2.70. The highest BCUT2D eigenvalue weighted by Crippen LogP contribution is 2.55. The molecular weight excluding hydrogens is 328 g/mol. The van der Waals surface area contributed by atoms with Crippen molar-refractivity contribution < 1.29 is 4.79 Å². The maximum absolute atomic E-state index is 13.3. The Morgan fingerprint density at radius 3 is 2.81 bits per heavy atom. The number of aromatic nitrogens is 5. The number of aromatic amines is 1. The monoisotopic (exact) mass is 350 g/mol. The molecule has 7 heteroatoms. The molecule has 1 aliphatic carbocycles. The maximum Gasteiger partial charge on any atom is 0.275 e. The summed E-state index contributed by atoms with van der Waals surface area (Å²) in [6.45, 7) is 3.36. The minimum absolute atomic E-state index is 0.0165. The Morgan fingerprint density at radius 2 is 2.12 bits per heavy atom. The van der Waals surface area contributed by atoms with E-state index in [4.69, 9.17) is 0 Å². The van der Waals surface area contributed by atoms with Crippen LogP contribution in [-0.4, -0.2) is 48.9 Å². The molecule has 2 aromatic heterocycles. The van der Waals surface area contributed by atoms with Gasteiger partial charge in [0.2, 0.25) is 0 Å². The minimum Gasteiger partial charge on any atom is -0.336 e. The molecule has 2 fully saturated rings. The predicted octanol–water partition coefficient (Wildman–Crippen LogP) is 2.41. The molecule has 134 valence electrons. The molecule has 3 heterocycles. The van der Waals surface area contributed by atoms with Crippen LogP contribution < -0.4 is 0 Å².